The van der Waals surface area contributed by atoms with Gasteiger partial charge in [0, 0.05) is 18.7 Å². The number of hydrogen-bond donors (Lipinski definition) is 0. The van der Waals surface area contributed by atoms with E-state index >= 15 is 0 Å². The molecule has 1 fully saturated rings. The second-order valence-corrected chi connectivity index (χ2v) is 6.64. The first-order chi connectivity index (χ1) is 12.0. The molecule has 0 spiro atoms. The van der Waals surface area contributed by atoms with Crippen LogP contribution in [0.5, 0.6) is 0 Å². The lowest BCUT2D eigenvalue weighted by Crippen LogP contribution is -2.25. The van der Waals surface area contributed by atoms with Gasteiger partial charge in [0.05, 0.1) is 16.5 Å². The number of halogens is 2. The molecule has 4 rings (SSSR count). The molecular formula is C18H12Cl2N2O3. The molecule has 25 heavy (non-hydrogen) atoms. The summed E-state index contributed by atoms with van der Waals surface area (Å²) in [4.78, 5) is 29.5. The summed E-state index contributed by atoms with van der Waals surface area (Å²) in [5, 5.41) is 0.0619. The number of carbonyl (C=O) groups excluding carboxylic acids is 2. The number of amides is 1. The number of carbonyl (C=O) groups is 2. The van der Waals surface area contributed by atoms with Crippen LogP contribution in [0.3, 0.4) is 0 Å². The zero-order valence-electron chi connectivity index (χ0n) is 12.9. The van der Waals surface area contributed by atoms with E-state index in [0.29, 0.717) is 33.3 Å². The number of hydrogen-bond acceptors (Lipinski definition) is 4. The molecule has 0 radical (unpaired) electrons. The number of aromatic nitrogens is 1. The standard InChI is InChI=1S/C18H12Cl2N2O3/c19-13-4-2-1-3-12(13)18-21-14-8-11(5-6-15(14)25-18)22-9-10(17(20)24)7-16(22)23/h1-6,8,10H,7,9H2/t10-/m1/s1. The SMILES string of the molecule is O=C(Cl)[C@@H]1CC(=O)N(c2ccc3oc(-c4ccccc4Cl)nc3c2)C1. The molecule has 2 aromatic carbocycles. The molecule has 126 valence electrons. The van der Waals surface area contributed by atoms with Crippen molar-refractivity contribution in [3.63, 3.8) is 0 Å². The van der Waals surface area contributed by atoms with Crippen molar-refractivity contribution in [2.24, 2.45) is 5.92 Å². The molecule has 1 aliphatic heterocycles. The number of benzene rings is 2. The van der Waals surface area contributed by atoms with Crippen molar-refractivity contribution in [1.82, 2.24) is 4.98 Å². The molecule has 0 aliphatic carbocycles. The Morgan fingerprint density at radius 1 is 1.24 bits per heavy atom. The van der Waals surface area contributed by atoms with Crippen molar-refractivity contribution in [2.75, 3.05) is 11.4 Å². The van der Waals surface area contributed by atoms with Gasteiger partial charge in [-0.15, -0.1) is 0 Å². The maximum atomic E-state index is 12.2. The van der Waals surface area contributed by atoms with Crippen molar-refractivity contribution >= 4 is 51.1 Å². The normalized spacial score (nSPS) is 17.4. The van der Waals surface area contributed by atoms with Gasteiger partial charge in [0.15, 0.2) is 5.58 Å². The van der Waals surface area contributed by atoms with Crippen LogP contribution in [0.1, 0.15) is 6.42 Å². The number of anilines is 1. The van der Waals surface area contributed by atoms with Crippen LogP contribution in [0.2, 0.25) is 5.02 Å². The van der Waals surface area contributed by atoms with Crippen molar-refractivity contribution in [3.05, 3.63) is 47.5 Å². The van der Waals surface area contributed by atoms with E-state index in [-0.39, 0.29) is 18.9 Å². The third-order valence-corrected chi connectivity index (χ3v) is 4.87. The minimum absolute atomic E-state index is 0.129. The quantitative estimate of drug-likeness (QED) is 0.642. The Morgan fingerprint density at radius 3 is 2.76 bits per heavy atom. The molecule has 0 bridgehead atoms. The first kappa shape index (κ1) is 16.1. The summed E-state index contributed by atoms with van der Waals surface area (Å²) < 4.78 is 5.76. The fourth-order valence-corrected chi connectivity index (χ4v) is 3.31. The summed E-state index contributed by atoms with van der Waals surface area (Å²) in [5.74, 6) is -0.187. The molecule has 1 atom stereocenters. The van der Waals surface area contributed by atoms with Crippen molar-refractivity contribution in [1.29, 1.82) is 0 Å². The van der Waals surface area contributed by atoms with Crippen LogP contribution in [0.4, 0.5) is 5.69 Å². The summed E-state index contributed by atoms with van der Waals surface area (Å²) in [5.41, 5.74) is 2.57. The van der Waals surface area contributed by atoms with Crippen LogP contribution >= 0.6 is 23.2 Å². The van der Waals surface area contributed by atoms with Gasteiger partial charge in [0.2, 0.25) is 17.0 Å². The Bertz CT molecular complexity index is 999. The van der Waals surface area contributed by atoms with Gasteiger partial charge in [-0.1, -0.05) is 23.7 Å². The molecule has 1 aliphatic rings. The van der Waals surface area contributed by atoms with E-state index in [9.17, 15) is 9.59 Å². The number of oxazole rings is 1. The van der Waals surface area contributed by atoms with E-state index in [1.165, 1.54) is 0 Å². The van der Waals surface area contributed by atoms with E-state index in [1.807, 2.05) is 18.2 Å². The van der Waals surface area contributed by atoms with Crippen LogP contribution in [0, 0.1) is 5.92 Å². The Kier molecular flexibility index (Phi) is 3.98. The van der Waals surface area contributed by atoms with Crippen LogP contribution in [0.15, 0.2) is 46.9 Å². The monoisotopic (exact) mass is 374 g/mol. The van der Waals surface area contributed by atoms with Crippen molar-refractivity contribution in [3.8, 4) is 11.5 Å². The minimum atomic E-state index is -0.487. The van der Waals surface area contributed by atoms with E-state index in [4.69, 9.17) is 27.6 Å². The first-order valence-corrected chi connectivity index (χ1v) is 8.44. The molecule has 7 heteroatoms. The van der Waals surface area contributed by atoms with Crippen LogP contribution in [-0.2, 0) is 9.59 Å². The maximum Gasteiger partial charge on any atom is 0.228 e. The average Bonchev–Trinajstić information content (AvgIpc) is 3.18. The molecule has 0 saturated carbocycles. The molecule has 2 heterocycles. The minimum Gasteiger partial charge on any atom is -0.436 e. The highest BCUT2D eigenvalue weighted by atomic mass is 35.5. The Balaban J connectivity index is 1.71. The molecule has 0 N–H and O–H groups in total. The molecule has 1 saturated heterocycles. The third kappa shape index (κ3) is 2.90. The second-order valence-electron chi connectivity index (χ2n) is 5.86. The van der Waals surface area contributed by atoms with Gasteiger partial charge < -0.3 is 9.32 Å². The van der Waals surface area contributed by atoms with Gasteiger partial charge in [0.25, 0.3) is 0 Å². The zero-order chi connectivity index (χ0) is 17.6. The molecule has 0 unspecified atom stereocenters. The third-order valence-electron chi connectivity index (χ3n) is 4.23. The highest BCUT2D eigenvalue weighted by Gasteiger charge is 2.34. The van der Waals surface area contributed by atoms with Crippen molar-refractivity contribution < 1.29 is 14.0 Å². The Hall–Kier alpha value is -2.37. The number of fused-ring (bicyclic) bond motifs is 1. The van der Waals surface area contributed by atoms with Gasteiger partial charge in [-0.3, -0.25) is 9.59 Å². The van der Waals surface area contributed by atoms with Gasteiger partial charge in [-0.25, -0.2) is 4.98 Å². The molecular weight excluding hydrogens is 363 g/mol. The first-order valence-electron chi connectivity index (χ1n) is 7.68. The van der Waals surface area contributed by atoms with Gasteiger partial charge in [-0.05, 0) is 41.9 Å². The number of rotatable bonds is 3. The predicted molar refractivity (Wildman–Crippen MR) is 95.8 cm³/mol. The van der Waals surface area contributed by atoms with Gasteiger partial charge in [-0.2, -0.15) is 0 Å². The van der Waals surface area contributed by atoms with Crippen LogP contribution in [-0.4, -0.2) is 22.7 Å². The molecule has 1 aromatic heterocycles. The predicted octanol–water partition coefficient (Wildman–Crippen LogP) is 4.27. The molecule has 1 amide bonds. The van der Waals surface area contributed by atoms with Gasteiger partial charge >= 0.3 is 0 Å². The largest absolute Gasteiger partial charge is 0.436 e. The Morgan fingerprint density at radius 2 is 2.04 bits per heavy atom. The van der Waals surface area contributed by atoms with E-state index < -0.39 is 11.2 Å². The fraction of sp³-hybridized carbons (Fsp3) is 0.167. The summed E-state index contributed by atoms with van der Waals surface area (Å²) >= 11 is 11.7. The number of nitrogens with zero attached hydrogens (tertiary/aromatic N) is 2. The van der Waals surface area contributed by atoms with Crippen LogP contribution < -0.4 is 4.90 Å². The second kappa shape index (κ2) is 6.17. The highest BCUT2D eigenvalue weighted by molar-refractivity contribution is 6.64. The topological polar surface area (TPSA) is 63.4 Å². The maximum absolute atomic E-state index is 12.2. The van der Waals surface area contributed by atoms with E-state index in [0.717, 1.165) is 0 Å². The zero-order valence-corrected chi connectivity index (χ0v) is 14.4. The highest BCUT2D eigenvalue weighted by Crippen LogP contribution is 2.33. The summed E-state index contributed by atoms with van der Waals surface area (Å²) in [6, 6.07) is 12.6. The van der Waals surface area contributed by atoms with Crippen LogP contribution in [0.25, 0.3) is 22.6 Å². The van der Waals surface area contributed by atoms with Crippen molar-refractivity contribution in [2.45, 2.75) is 6.42 Å². The lowest BCUT2D eigenvalue weighted by atomic mass is 10.1. The molecule has 3 aromatic rings. The van der Waals surface area contributed by atoms with E-state index in [1.54, 1.807) is 29.2 Å². The molecule has 5 nitrogen and oxygen atoms in total. The Labute approximate surface area is 153 Å². The lowest BCUT2D eigenvalue weighted by molar-refractivity contribution is -0.120. The summed E-state index contributed by atoms with van der Waals surface area (Å²) in [6.07, 6.45) is 0.129. The van der Waals surface area contributed by atoms with E-state index in [2.05, 4.69) is 4.98 Å². The lowest BCUT2D eigenvalue weighted by Gasteiger charge is -2.15. The fourth-order valence-electron chi connectivity index (χ4n) is 2.94. The smallest absolute Gasteiger partial charge is 0.228 e. The summed E-state index contributed by atoms with van der Waals surface area (Å²) in [6.45, 7) is 0.280. The van der Waals surface area contributed by atoms with Gasteiger partial charge in [0.1, 0.15) is 5.52 Å². The summed E-state index contributed by atoms with van der Waals surface area (Å²) in [7, 11) is 0. The average molecular weight is 375 g/mol.